The van der Waals surface area contributed by atoms with Crippen molar-refractivity contribution in [3.8, 4) is 11.8 Å². The van der Waals surface area contributed by atoms with Crippen LogP contribution in [0.3, 0.4) is 0 Å². The molecule has 0 saturated carbocycles. The number of ether oxygens (including phenoxy) is 2. The Morgan fingerprint density at radius 2 is 2.07 bits per heavy atom. The van der Waals surface area contributed by atoms with Gasteiger partial charge in [0.05, 0.1) is 17.5 Å². The summed E-state index contributed by atoms with van der Waals surface area (Å²) in [6.45, 7) is -1.60. The highest BCUT2D eigenvalue weighted by molar-refractivity contribution is 7.97. The molecule has 6 nitrogen and oxygen atoms in total. The summed E-state index contributed by atoms with van der Waals surface area (Å²) in [5.41, 5.74) is 1.38. The van der Waals surface area contributed by atoms with E-state index in [1.165, 1.54) is 24.2 Å². The third-order valence-electron chi connectivity index (χ3n) is 3.64. The molecule has 2 heterocycles. The molecule has 2 aromatic rings. The van der Waals surface area contributed by atoms with Crippen molar-refractivity contribution in [1.29, 1.82) is 0 Å². The van der Waals surface area contributed by atoms with Crippen molar-refractivity contribution in [3.63, 3.8) is 0 Å². The summed E-state index contributed by atoms with van der Waals surface area (Å²) in [5, 5.41) is 9.66. The first-order valence-corrected chi connectivity index (χ1v) is 8.92. The van der Waals surface area contributed by atoms with Crippen molar-refractivity contribution in [2.75, 3.05) is 5.75 Å². The lowest BCUT2D eigenvalue weighted by Gasteiger charge is -2.21. The molecule has 3 rings (SSSR count). The summed E-state index contributed by atoms with van der Waals surface area (Å²) >= 11 is 1.41. The predicted octanol–water partition coefficient (Wildman–Crippen LogP) is 3.53. The lowest BCUT2D eigenvalue weighted by molar-refractivity contribution is -0.0523. The van der Waals surface area contributed by atoms with Gasteiger partial charge in [-0.05, 0) is 43.1 Å². The molecular formula is C17H16F3N3O3S. The van der Waals surface area contributed by atoms with Gasteiger partial charge in [-0.25, -0.2) is 9.37 Å². The zero-order valence-corrected chi connectivity index (χ0v) is 14.9. The average molecular weight is 399 g/mol. The zero-order valence-electron chi connectivity index (χ0n) is 14.1. The maximum atomic E-state index is 13.8. The largest absolute Gasteiger partial charge is 0.449 e. The Kier molecular flexibility index (Phi) is 6.07. The fraction of sp³-hybridized carbons (Fsp3) is 0.294. The maximum Gasteiger partial charge on any atom is 0.387 e. The van der Waals surface area contributed by atoms with Crippen molar-refractivity contribution in [2.24, 2.45) is 0 Å². The lowest BCUT2D eigenvalue weighted by atomic mass is 10.1. The van der Waals surface area contributed by atoms with Crippen LogP contribution in [0.25, 0.3) is 0 Å². The fourth-order valence-corrected chi connectivity index (χ4v) is 3.09. The first-order valence-electron chi connectivity index (χ1n) is 7.94. The van der Waals surface area contributed by atoms with E-state index in [1.807, 2.05) is 6.08 Å². The molecule has 1 aliphatic rings. The van der Waals surface area contributed by atoms with Gasteiger partial charge in [-0.1, -0.05) is 6.07 Å². The van der Waals surface area contributed by atoms with Gasteiger partial charge in [0.15, 0.2) is 17.7 Å². The van der Waals surface area contributed by atoms with Gasteiger partial charge >= 0.3 is 12.6 Å². The van der Waals surface area contributed by atoms with Gasteiger partial charge < -0.3 is 19.3 Å². The van der Waals surface area contributed by atoms with Crippen LogP contribution in [0.1, 0.15) is 30.4 Å². The molecule has 0 saturated heterocycles. The third kappa shape index (κ3) is 4.83. The summed E-state index contributed by atoms with van der Waals surface area (Å²) in [5.74, 6) is -0.820. The molecule has 2 N–H and O–H groups in total. The quantitative estimate of drug-likeness (QED) is 0.690. The van der Waals surface area contributed by atoms with E-state index in [0.29, 0.717) is 22.7 Å². The third-order valence-corrected chi connectivity index (χ3v) is 4.35. The van der Waals surface area contributed by atoms with E-state index in [9.17, 15) is 18.3 Å². The van der Waals surface area contributed by atoms with Gasteiger partial charge in [0, 0.05) is 17.5 Å². The summed E-state index contributed by atoms with van der Waals surface area (Å²) in [6, 6.07) is 5.11. The Morgan fingerprint density at radius 3 is 2.74 bits per heavy atom. The molecule has 0 amide bonds. The second-order valence-corrected chi connectivity index (χ2v) is 6.40. The van der Waals surface area contributed by atoms with Crippen LogP contribution in [-0.4, -0.2) is 27.4 Å². The zero-order chi connectivity index (χ0) is 19.4. The molecule has 0 spiro atoms. The summed E-state index contributed by atoms with van der Waals surface area (Å²) in [7, 11) is 0. The van der Waals surface area contributed by atoms with Crippen molar-refractivity contribution >= 4 is 11.9 Å². The molecule has 1 aliphatic heterocycles. The highest BCUT2D eigenvalue weighted by Crippen LogP contribution is 2.33. The van der Waals surface area contributed by atoms with Crippen LogP contribution in [0.4, 0.5) is 13.2 Å². The van der Waals surface area contributed by atoms with E-state index in [2.05, 4.69) is 19.4 Å². The van der Waals surface area contributed by atoms with Gasteiger partial charge in [0.2, 0.25) is 0 Å². The molecule has 0 radical (unpaired) electrons. The average Bonchev–Trinajstić information content (AvgIpc) is 3.16. The Morgan fingerprint density at radius 1 is 1.26 bits per heavy atom. The molecule has 0 aliphatic carbocycles. The smallest absolute Gasteiger partial charge is 0.387 e. The number of aliphatic hydroxyl groups excluding tert-OH is 1. The molecule has 0 fully saturated rings. The number of aliphatic hydroxyl groups is 1. The second kappa shape index (κ2) is 8.49. The molecule has 0 bridgehead atoms. The van der Waals surface area contributed by atoms with E-state index in [-0.39, 0.29) is 6.01 Å². The number of alkyl halides is 2. The maximum absolute atomic E-state index is 13.8. The highest BCUT2D eigenvalue weighted by atomic mass is 32.2. The van der Waals surface area contributed by atoms with E-state index < -0.39 is 30.4 Å². The summed E-state index contributed by atoms with van der Waals surface area (Å²) in [4.78, 5) is 8.14. The minimum absolute atomic E-state index is 0.0151. The first kappa shape index (κ1) is 19.3. The molecule has 1 aromatic heterocycles. The summed E-state index contributed by atoms with van der Waals surface area (Å²) < 4.78 is 51.9. The number of nitrogens with one attached hydrogen (secondary N) is 1. The Labute approximate surface area is 157 Å². The van der Waals surface area contributed by atoms with Crippen LogP contribution in [-0.2, 0) is 0 Å². The predicted molar refractivity (Wildman–Crippen MR) is 92.7 cm³/mol. The van der Waals surface area contributed by atoms with Crippen LogP contribution in [0, 0.1) is 5.82 Å². The van der Waals surface area contributed by atoms with Gasteiger partial charge in [0.25, 0.3) is 0 Å². The number of rotatable bonds is 7. The van der Waals surface area contributed by atoms with Gasteiger partial charge in [-0.3, -0.25) is 0 Å². The van der Waals surface area contributed by atoms with Crippen LogP contribution in [0.5, 0.6) is 11.8 Å². The highest BCUT2D eigenvalue weighted by Gasteiger charge is 2.25. The Balaban J connectivity index is 1.94. The molecule has 144 valence electrons. The topological polar surface area (TPSA) is 76.5 Å². The SMILES string of the molecule is CC(O)c1ccnc(OC(C2=CCSN2)c2ccc(F)c(OC(F)F)c2)n1. The van der Waals surface area contributed by atoms with E-state index in [4.69, 9.17) is 4.74 Å². The minimum atomic E-state index is -3.15. The number of benzene rings is 1. The van der Waals surface area contributed by atoms with E-state index in [1.54, 1.807) is 13.0 Å². The normalized spacial score (nSPS) is 15.9. The summed E-state index contributed by atoms with van der Waals surface area (Å²) in [6.07, 6.45) is 1.67. The Bertz CT molecular complexity index is 836. The minimum Gasteiger partial charge on any atom is -0.449 e. The van der Waals surface area contributed by atoms with E-state index in [0.717, 1.165) is 12.1 Å². The second-order valence-electron chi connectivity index (χ2n) is 5.58. The van der Waals surface area contributed by atoms with Crippen LogP contribution >= 0.6 is 11.9 Å². The molecule has 2 atom stereocenters. The number of aromatic nitrogens is 2. The number of nitrogens with zero attached hydrogens (tertiary/aromatic N) is 2. The van der Waals surface area contributed by atoms with Crippen molar-refractivity contribution in [3.05, 3.63) is 59.3 Å². The molecule has 2 unspecified atom stereocenters. The molecular weight excluding hydrogens is 383 g/mol. The van der Waals surface area contributed by atoms with Crippen molar-refractivity contribution < 1.29 is 27.8 Å². The molecule has 1 aromatic carbocycles. The first-order chi connectivity index (χ1) is 12.9. The van der Waals surface area contributed by atoms with Gasteiger partial charge in [-0.15, -0.1) is 0 Å². The Hall–Kier alpha value is -2.46. The van der Waals surface area contributed by atoms with Gasteiger partial charge in [0.1, 0.15) is 0 Å². The van der Waals surface area contributed by atoms with E-state index >= 15 is 0 Å². The van der Waals surface area contributed by atoms with Gasteiger partial charge in [-0.2, -0.15) is 13.8 Å². The number of hydrogen-bond donors (Lipinski definition) is 2. The lowest BCUT2D eigenvalue weighted by Crippen LogP contribution is -2.18. The van der Waals surface area contributed by atoms with Crippen LogP contribution in [0.15, 0.2) is 42.2 Å². The van der Waals surface area contributed by atoms with Crippen LogP contribution < -0.4 is 14.2 Å². The molecule has 10 heteroatoms. The van der Waals surface area contributed by atoms with Crippen molar-refractivity contribution in [2.45, 2.75) is 25.7 Å². The number of hydrogen-bond acceptors (Lipinski definition) is 7. The van der Waals surface area contributed by atoms with Crippen molar-refractivity contribution in [1.82, 2.24) is 14.7 Å². The number of halogens is 3. The standard InChI is InChI=1S/C17H16F3N3O3S/c1-9(24)12-4-6-21-17(22-12)26-15(13-5-7-27-23-13)10-2-3-11(18)14(8-10)25-16(19)20/h2-6,8-9,15-16,23-24H,7H2,1H3. The fourth-order valence-electron chi connectivity index (χ4n) is 2.39. The monoisotopic (exact) mass is 399 g/mol. The molecule has 27 heavy (non-hydrogen) atoms. The van der Waals surface area contributed by atoms with Crippen LogP contribution in [0.2, 0.25) is 0 Å².